The summed E-state index contributed by atoms with van der Waals surface area (Å²) >= 11 is 0. The summed E-state index contributed by atoms with van der Waals surface area (Å²) in [5.74, 6) is -0.410. The van der Waals surface area contributed by atoms with Crippen LogP contribution in [-0.2, 0) is 29.1 Å². The van der Waals surface area contributed by atoms with E-state index in [-0.39, 0.29) is 30.1 Å². The maximum atomic E-state index is 13.7. The van der Waals surface area contributed by atoms with Crippen LogP contribution in [0.5, 0.6) is 0 Å². The number of nitrogens with one attached hydrogen (secondary N) is 1. The predicted octanol–water partition coefficient (Wildman–Crippen LogP) is 5.63. The van der Waals surface area contributed by atoms with Gasteiger partial charge in [-0.2, -0.15) is 0 Å². The van der Waals surface area contributed by atoms with E-state index in [9.17, 15) is 14.0 Å². The van der Waals surface area contributed by atoms with Gasteiger partial charge in [0, 0.05) is 42.7 Å². The van der Waals surface area contributed by atoms with Gasteiger partial charge in [-0.05, 0) is 61.1 Å². The first-order valence-electron chi connectivity index (χ1n) is 12.9. The van der Waals surface area contributed by atoms with Crippen molar-refractivity contribution >= 4 is 22.7 Å². The summed E-state index contributed by atoms with van der Waals surface area (Å²) in [4.78, 5) is 33.6. The van der Waals surface area contributed by atoms with Gasteiger partial charge < -0.3 is 14.8 Å². The lowest BCUT2D eigenvalue weighted by Crippen LogP contribution is -2.43. The Hall–Kier alpha value is -3.93. The summed E-state index contributed by atoms with van der Waals surface area (Å²) in [5, 5.41) is 1.16. The van der Waals surface area contributed by atoms with Gasteiger partial charge in [0.25, 0.3) is 0 Å². The largest absolute Gasteiger partial charge is 0.361 e. The molecule has 1 saturated carbocycles. The number of amides is 2. The molecule has 5 nitrogen and oxygen atoms in total. The van der Waals surface area contributed by atoms with Gasteiger partial charge in [0.05, 0.1) is 0 Å². The lowest BCUT2D eigenvalue weighted by atomic mass is 10.1. The number of rotatable bonds is 10. The molecule has 1 N–H and O–H groups in total. The number of hydrogen-bond donors (Lipinski definition) is 1. The van der Waals surface area contributed by atoms with Crippen molar-refractivity contribution in [3.63, 3.8) is 0 Å². The quantitative estimate of drug-likeness (QED) is 0.309. The first kappa shape index (κ1) is 24.8. The summed E-state index contributed by atoms with van der Waals surface area (Å²) < 4.78 is 13.4. The maximum absolute atomic E-state index is 13.7. The zero-order valence-electron chi connectivity index (χ0n) is 21.1. The molecule has 5 rings (SSSR count). The van der Waals surface area contributed by atoms with Crippen molar-refractivity contribution in [3.05, 3.63) is 107 Å². The zero-order valence-corrected chi connectivity index (χ0v) is 21.1. The average Bonchev–Trinajstić information content (AvgIpc) is 3.68. The Balaban J connectivity index is 1.34. The van der Waals surface area contributed by atoms with Crippen LogP contribution in [0.3, 0.4) is 0 Å². The number of fused-ring (bicyclic) bond motifs is 1. The van der Waals surface area contributed by atoms with Gasteiger partial charge >= 0.3 is 0 Å². The summed E-state index contributed by atoms with van der Waals surface area (Å²) in [6.07, 6.45) is 4.44. The Bertz CT molecular complexity index is 1370. The maximum Gasteiger partial charge on any atom is 0.242 e. The number of H-pyrrole nitrogens is 1. The molecule has 1 heterocycles. The van der Waals surface area contributed by atoms with Gasteiger partial charge in [-0.3, -0.25) is 9.59 Å². The molecule has 1 fully saturated rings. The first-order chi connectivity index (χ1) is 18.0. The third kappa shape index (κ3) is 6.26. The normalized spacial score (nSPS) is 13.0. The van der Waals surface area contributed by atoms with E-state index in [1.165, 1.54) is 17.7 Å². The highest BCUT2D eigenvalue weighted by Gasteiger charge is 2.34. The average molecular weight is 498 g/mol. The molecular weight excluding hydrogens is 465 g/mol. The second-order valence-electron chi connectivity index (χ2n) is 10.0. The van der Waals surface area contributed by atoms with Gasteiger partial charge in [0.15, 0.2) is 0 Å². The smallest absolute Gasteiger partial charge is 0.242 e. The van der Waals surface area contributed by atoms with Gasteiger partial charge in [0.2, 0.25) is 11.8 Å². The monoisotopic (exact) mass is 497 g/mol. The Kier molecular flexibility index (Phi) is 7.35. The van der Waals surface area contributed by atoms with Gasteiger partial charge in [-0.25, -0.2) is 4.39 Å². The number of aromatic amines is 1. The van der Waals surface area contributed by atoms with Crippen LogP contribution in [-0.4, -0.2) is 39.7 Å². The number of carbonyl (C=O) groups is 2. The fraction of sp³-hybridized carbons (Fsp3) is 0.290. The molecule has 4 aromatic rings. The van der Waals surface area contributed by atoms with Crippen molar-refractivity contribution in [2.24, 2.45) is 5.92 Å². The molecule has 0 bridgehead atoms. The zero-order chi connectivity index (χ0) is 25.8. The van der Waals surface area contributed by atoms with E-state index in [1.54, 1.807) is 17.0 Å². The number of carbonyl (C=O) groups excluding carboxylic acids is 2. The molecule has 1 aliphatic rings. The highest BCUT2D eigenvalue weighted by atomic mass is 19.1. The SMILES string of the molecule is Cc1ccc(CN(CCc2c[nH]c3ccccc23)C(=O)CN(Cc2ccc(F)cc2)C(=O)C2CC2)cc1. The van der Waals surface area contributed by atoms with Crippen molar-refractivity contribution in [2.45, 2.75) is 39.3 Å². The fourth-order valence-electron chi connectivity index (χ4n) is 4.67. The molecule has 190 valence electrons. The molecule has 0 unspecified atom stereocenters. The van der Waals surface area contributed by atoms with Crippen LogP contribution in [0.4, 0.5) is 4.39 Å². The van der Waals surface area contributed by atoms with E-state index in [0.29, 0.717) is 26.1 Å². The molecular formula is C31H32FN3O2. The van der Waals surface area contributed by atoms with E-state index in [1.807, 2.05) is 48.4 Å². The fourth-order valence-corrected chi connectivity index (χ4v) is 4.67. The Morgan fingerprint density at radius 3 is 2.24 bits per heavy atom. The van der Waals surface area contributed by atoms with E-state index in [2.05, 4.69) is 23.2 Å². The van der Waals surface area contributed by atoms with E-state index < -0.39 is 0 Å². The van der Waals surface area contributed by atoms with E-state index in [4.69, 9.17) is 0 Å². The van der Waals surface area contributed by atoms with Crippen molar-refractivity contribution in [3.8, 4) is 0 Å². The van der Waals surface area contributed by atoms with E-state index >= 15 is 0 Å². The number of aromatic nitrogens is 1. The highest BCUT2D eigenvalue weighted by molar-refractivity contribution is 5.87. The number of hydrogen-bond acceptors (Lipinski definition) is 2. The lowest BCUT2D eigenvalue weighted by Gasteiger charge is -2.28. The summed E-state index contributed by atoms with van der Waals surface area (Å²) in [6, 6.07) is 22.5. The number of nitrogens with zero attached hydrogens (tertiary/aromatic N) is 2. The Morgan fingerprint density at radius 1 is 0.892 bits per heavy atom. The third-order valence-electron chi connectivity index (χ3n) is 7.02. The van der Waals surface area contributed by atoms with Crippen molar-refractivity contribution in [1.29, 1.82) is 0 Å². The number of halogens is 1. The van der Waals surface area contributed by atoms with Gasteiger partial charge in [-0.15, -0.1) is 0 Å². The molecule has 3 aromatic carbocycles. The van der Waals surface area contributed by atoms with Gasteiger partial charge in [-0.1, -0.05) is 60.2 Å². The van der Waals surface area contributed by atoms with Crippen LogP contribution < -0.4 is 0 Å². The molecule has 1 aromatic heterocycles. The van der Waals surface area contributed by atoms with Crippen molar-refractivity contribution in [1.82, 2.24) is 14.8 Å². The minimum Gasteiger partial charge on any atom is -0.361 e. The predicted molar refractivity (Wildman–Crippen MR) is 143 cm³/mol. The van der Waals surface area contributed by atoms with Crippen LogP contribution in [0.25, 0.3) is 10.9 Å². The van der Waals surface area contributed by atoms with Crippen LogP contribution in [0.1, 0.15) is 35.1 Å². The number of benzene rings is 3. The molecule has 0 aliphatic heterocycles. The first-order valence-corrected chi connectivity index (χ1v) is 12.9. The summed E-state index contributed by atoms with van der Waals surface area (Å²) in [6.45, 7) is 3.36. The van der Waals surface area contributed by atoms with Crippen LogP contribution >= 0.6 is 0 Å². The van der Waals surface area contributed by atoms with Crippen LogP contribution in [0.15, 0.2) is 79.0 Å². The summed E-state index contributed by atoms with van der Waals surface area (Å²) in [5.41, 5.74) is 5.27. The number of para-hydroxylation sites is 1. The van der Waals surface area contributed by atoms with Crippen molar-refractivity contribution < 1.29 is 14.0 Å². The molecule has 37 heavy (non-hydrogen) atoms. The standard InChI is InChI=1S/C31H32FN3O2/c1-22-6-8-23(9-7-22)19-34(17-16-26-18-33-29-5-3-2-4-28(26)29)30(36)21-35(31(37)25-12-13-25)20-24-10-14-27(32)15-11-24/h2-11,14-15,18,25,33H,12-13,16-17,19-21H2,1H3. The molecule has 0 radical (unpaired) electrons. The summed E-state index contributed by atoms with van der Waals surface area (Å²) in [7, 11) is 0. The minimum atomic E-state index is -0.318. The highest BCUT2D eigenvalue weighted by Crippen LogP contribution is 2.31. The van der Waals surface area contributed by atoms with E-state index in [0.717, 1.165) is 40.4 Å². The molecule has 0 saturated heterocycles. The van der Waals surface area contributed by atoms with Crippen molar-refractivity contribution in [2.75, 3.05) is 13.1 Å². The van der Waals surface area contributed by atoms with Gasteiger partial charge in [0.1, 0.15) is 12.4 Å². The lowest BCUT2D eigenvalue weighted by molar-refractivity contribution is -0.142. The molecule has 6 heteroatoms. The minimum absolute atomic E-state index is 0.00425. The number of aryl methyl sites for hydroxylation is 1. The topological polar surface area (TPSA) is 56.4 Å². The third-order valence-corrected chi connectivity index (χ3v) is 7.02. The molecule has 0 spiro atoms. The molecule has 1 aliphatic carbocycles. The second-order valence-corrected chi connectivity index (χ2v) is 10.0. The molecule has 2 amide bonds. The Labute approximate surface area is 216 Å². The second kappa shape index (κ2) is 11.0. The van der Waals surface area contributed by atoms with Crippen LogP contribution in [0, 0.1) is 18.7 Å². The van der Waals surface area contributed by atoms with Crippen LogP contribution in [0.2, 0.25) is 0 Å². The molecule has 0 atom stereocenters. The Morgan fingerprint density at radius 2 is 1.54 bits per heavy atom.